The summed E-state index contributed by atoms with van der Waals surface area (Å²) >= 11 is 0. The molecule has 1 aromatic carbocycles. The molecule has 4 rings (SSSR count). The average Bonchev–Trinajstić information content (AvgIpc) is 3.10. The van der Waals surface area contributed by atoms with Gasteiger partial charge in [0.15, 0.2) is 0 Å². The quantitative estimate of drug-likeness (QED) is 0.798. The number of fused-ring (bicyclic) bond motifs is 2. The van der Waals surface area contributed by atoms with Crippen LogP contribution in [0.25, 0.3) is 11.0 Å². The maximum Gasteiger partial charge on any atom is 0.224 e. The Balaban J connectivity index is 1.58. The Kier molecular flexibility index (Phi) is 5.20. The van der Waals surface area contributed by atoms with E-state index in [0.29, 0.717) is 24.3 Å². The van der Waals surface area contributed by atoms with Crippen molar-refractivity contribution in [2.45, 2.75) is 77.8 Å². The Hall–Kier alpha value is -1.91. The molecule has 1 saturated carbocycles. The molecule has 2 fully saturated rings. The molecule has 0 bridgehead atoms. The minimum Gasteiger partial charge on any atom is -0.339 e. The van der Waals surface area contributed by atoms with Crippen LogP contribution in [0.5, 0.6) is 0 Å². The first-order valence-corrected chi connectivity index (χ1v) is 10.7. The van der Waals surface area contributed by atoms with Crippen LogP contribution in [0.4, 0.5) is 0 Å². The van der Waals surface area contributed by atoms with Crippen molar-refractivity contribution in [1.82, 2.24) is 19.9 Å². The second-order valence-corrected chi connectivity index (χ2v) is 8.83. The lowest BCUT2D eigenvalue weighted by atomic mass is 9.78. The molecule has 0 N–H and O–H groups in total. The van der Waals surface area contributed by atoms with Crippen molar-refractivity contribution < 1.29 is 4.79 Å². The zero-order chi connectivity index (χ0) is 19.0. The van der Waals surface area contributed by atoms with Crippen LogP contribution in [0.3, 0.4) is 0 Å². The van der Waals surface area contributed by atoms with Crippen molar-refractivity contribution in [2.24, 2.45) is 11.8 Å². The predicted molar refractivity (Wildman–Crippen MR) is 107 cm³/mol. The van der Waals surface area contributed by atoms with E-state index in [9.17, 15) is 4.79 Å². The van der Waals surface area contributed by atoms with E-state index in [1.54, 1.807) is 0 Å². The molecule has 0 radical (unpaired) electrons. The molecule has 2 heterocycles. The molecular weight excluding hydrogens is 336 g/mol. The molecular formula is C22H32N4O. The molecule has 0 spiro atoms. The average molecular weight is 369 g/mol. The van der Waals surface area contributed by atoms with Gasteiger partial charge in [-0.15, -0.1) is 5.10 Å². The van der Waals surface area contributed by atoms with Crippen molar-refractivity contribution in [3.8, 4) is 0 Å². The zero-order valence-corrected chi connectivity index (χ0v) is 16.9. The first-order valence-electron chi connectivity index (χ1n) is 10.7. The standard InChI is InChI=1S/C22H32N4O/c1-15(2)20(26-19-12-6-8-16(3)22(19)23-24-26)14-21(27)25-13-7-10-17-9-4-5-11-18(17)25/h6,8,12,15,17-18,20H,4-5,7,9-11,13-14H2,1-3H3. The van der Waals surface area contributed by atoms with Crippen LogP contribution in [-0.2, 0) is 4.79 Å². The Bertz CT molecular complexity index is 810. The molecule has 3 unspecified atom stereocenters. The number of hydrogen-bond acceptors (Lipinski definition) is 3. The van der Waals surface area contributed by atoms with E-state index in [-0.39, 0.29) is 6.04 Å². The highest BCUT2D eigenvalue weighted by Gasteiger charge is 2.36. The topological polar surface area (TPSA) is 51.0 Å². The van der Waals surface area contributed by atoms with Gasteiger partial charge in [-0.2, -0.15) is 0 Å². The molecule has 2 aliphatic rings. The molecule has 3 atom stereocenters. The van der Waals surface area contributed by atoms with Crippen molar-refractivity contribution in [1.29, 1.82) is 0 Å². The van der Waals surface area contributed by atoms with Crippen molar-refractivity contribution in [3.05, 3.63) is 23.8 Å². The predicted octanol–water partition coefficient (Wildman–Crippen LogP) is 4.51. The van der Waals surface area contributed by atoms with E-state index in [1.165, 1.54) is 32.1 Å². The maximum atomic E-state index is 13.3. The molecule has 1 amide bonds. The van der Waals surface area contributed by atoms with Crippen LogP contribution < -0.4 is 0 Å². The molecule has 146 valence electrons. The molecule has 1 aliphatic carbocycles. The van der Waals surface area contributed by atoms with Crippen LogP contribution in [0.1, 0.15) is 70.4 Å². The van der Waals surface area contributed by atoms with Gasteiger partial charge in [0, 0.05) is 19.0 Å². The summed E-state index contributed by atoms with van der Waals surface area (Å²) in [5.41, 5.74) is 3.12. The number of benzene rings is 1. The molecule has 2 aromatic rings. The largest absolute Gasteiger partial charge is 0.339 e. The fourth-order valence-electron chi connectivity index (χ4n) is 5.18. The number of amides is 1. The third kappa shape index (κ3) is 3.48. The number of carbonyl (C=O) groups is 1. The summed E-state index contributed by atoms with van der Waals surface area (Å²) in [4.78, 5) is 15.5. The highest BCUT2D eigenvalue weighted by atomic mass is 16.2. The summed E-state index contributed by atoms with van der Waals surface area (Å²) in [5.74, 6) is 1.36. The fourth-order valence-corrected chi connectivity index (χ4v) is 5.18. The monoisotopic (exact) mass is 368 g/mol. The third-order valence-corrected chi connectivity index (χ3v) is 6.74. The maximum absolute atomic E-state index is 13.3. The van der Waals surface area contributed by atoms with E-state index < -0.39 is 0 Å². The summed E-state index contributed by atoms with van der Waals surface area (Å²) in [6.45, 7) is 7.36. The Morgan fingerprint density at radius 1 is 1.19 bits per heavy atom. The lowest BCUT2D eigenvalue weighted by molar-refractivity contribution is -0.138. The zero-order valence-electron chi connectivity index (χ0n) is 16.9. The number of aryl methyl sites for hydroxylation is 1. The molecule has 1 aliphatic heterocycles. The summed E-state index contributed by atoms with van der Waals surface area (Å²) in [5, 5.41) is 8.85. The summed E-state index contributed by atoms with van der Waals surface area (Å²) in [7, 11) is 0. The fraction of sp³-hybridized carbons (Fsp3) is 0.682. The molecule has 1 saturated heterocycles. The third-order valence-electron chi connectivity index (χ3n) is 6.74. The minimum atomic E-state index is 0.0493. The van der Waals surface area contributed by atoms with Crippen LogP contribution in [0.15, 0.2) is 18.2 Å². The molecule has 1 aromatic heterocycles. The van der Waals surface area contributed by atoms with Crippen LogP contribution in [0, 0.1) is 18.8 Å². The van der Waals surface area contributed by atoms with Crippen LogP contribution >= 0.6 is 0 Å². The van der Waals surface area contributed by atoms with E-state index in [0.717, 1.165) is 35.5 Å². The summed E-state index contributed by atoms with van der Waals surface area (Å²) in [6, 6.07) is 6.71. The smallest absolute Gasteiger partial charge is 0.224 e. The SMILES string of the molecule is Cc1cccc2c1nnn2C(CC(=O)N1CCCC2CCCCC21)C(C)C. The first-order chi connectivity index (χ1) is 13.1. The minimum absolute atomic E-state index is 0.0493. The number of hydrogen-bond donors (Lipinski definition) is 0. The lowest BCUT2D eigenvalue weighted by Crippen LogP contribution is -2.50. The van der Waals surface area contributed by atoms with E-state index in [1.807, 2.05) is 10.7 Å². The van der Waals surface area contributed by atoms with Crippen LogP contribution in [-0.4, -0.2) is 38.4 Å². The highest BCUT2D eigenvalue weighted by molar-refractivity contribution is 5.79. The number of piperidine rings is 1. The van der Waals surface area contributed by atoms with Crippen molar-refractivity contribution >= 4 is 16.9 Å². The Morgan fingerprint density at radius 3 is 2.78 bits per heavy atom. The van der Waals surface area contributed by atoms with Gasteiger partial charge < -0.3 is 4.90 Å². The summed E-state index contributed by atoms with van der Waals surface area (Å²) < 4.78 is 1.99. The number of carbonyl (C=O) groups excluding carboxylic acids is 1. The Labute approximate surface area is 162 Å². The van der Waals surface area contributed by atoms with Gasteiger partial charge in [-0.1, -0.05) is 44.0 Å². The van der Waals surface area contributed by atoms with E-state index in [4.69, 9.17) is 0 Å². The number of likely N-dealkylation sites (tertiary alicyclic amines) is 1. The molecule has 27 heavy (non-hydrogen) atoms. The van der Waals surface area contributed by atoms with Gasteiger partial charge in [0.05, 0.1) is 11.6 Å². The van der Waals surface area contributed by atoms with E-state index in [2.05, 4.69) is 48.1 Å². The van der Waals surface area contributed by atoms with Crippen molar-refractivity contribution in [2.75, 3.05) is 6.54 Å². The summed E-state index contributed by atoms with van der Waals surface area (Å²) in [6.07, 6.45) is 8.07. The molecule has 5 nitrogen and oxygen atoms in total. The van der Waals surface area contributed by atoms with Crippen LogP contribution in [0.2, 0.25) is 0 Å². The van der Waals surface area contributed by atoms with Gasteiger partial charge in [0.25, 0.3) is 0 Å². The van der Waals surface area contributed by atoms with Gasteiger partial charge >= 0.3 is 0 Å². The number of aromatic nitrogens is 3. The van der Waals surface area contributed by atoms with Gasteiger partial charge in [0.2, 0.25) is 5.91 Å². The van der Waals surface area contributed by atoms with Gasteiger partial charge in [0.1, 0.15) is 5.52 Å². The number of nitrogens with zero attached hydrogens (tertiary/aromatic N) is 4. The van der Waals surface area contributed by atoms with Gasteiger partial charge in [-0.3, -0.25) is 4.79 Å². The first kappa shape index (κ1) is 18.5. The second-order valence-electron chi connectivity index (χ2n) is 8.83. The highest BCUT2D eigenvalue weighted by Crippen LogP contribution is 2.36. The second kappa shape index (κ2) is 7.61. The Morgan fingerprint density at radius 2 is 1.96 bits per heavy atom. The van der Waals surface area contributed by atoms with Gasteiger partial charge in [-0.05, 0) is 56.1 Å². The van der Waals surface area contributed by atoms with Crippen molar-refractivity contribution in [3.63, 3.8) is 0 Å². The van der Waals surface area contributed by atoms with E-state index >= 15 is 0 Å². The lowest BCUT2D eigenvalue weighted by Gasteiger charge is -2.44. The van der Waals surface area contributed by atoms with Gasteiger partial charge in [-0.25, -0.2) is 4.68 Å². The number of rotatable bonds is 4. The molecule has 5 heteroatoms. The normalized spacial score (nSPS) is 24.2.